The number of halogens is 1. The van der Waals surface area contributed by atoms with Crippen LogP contribution in [-0.4, -0.2) is 16.9 Å². The van der Waals surface area contributed by atoms with Crippen molar-refractivity contribution >= 4 is 34.0 Å². The first-order chi connectivity index (χ1) is 7.02. The third-order valence-corrected chi connectivity index (χ3v) is 2.84. The molecular formula is C8H9ClN4OS. The van der Waals surface area contributed by atoms with Gasteiger partial charge in [-0.1, -0.05) is 22.9 Å². The number of anilines is 1. The molecule has 0 aromatic carbocycles. The maximum Gasteiger partial charge on any atom is 0.219 e. The van der Waals surface area contributed by atoms with Crippen LogP contribution in [-0.2, 0) is 4.79 Å². The number of thiazole rings is 1. The van der Waals surface area contributed by atoms with Gasteiger partial charge in [0, 0.05) is 12.5 Å². The lowest BCUT2D eigenvalue weighted by Crippen LogP contribution is -2.23. The van der Waals surface area contributed by atoms with Gasteiger partial charge in [0.05, 0.1) is 0 Å². The Labute approximate surface area is 95.9 Å². The SMILES string of the molecule is CC(CC(N)=O)Nc1nc(Cl)c(C#N)s1. The van der Waals surface area contributed by atoms with Gasteiger partial charge >= 0.3 is 0 Å². The van der Waals surface area contributed by atoms with Crippen molar-refractivity contribution in [3.05, 3.63) is 10.0 Å². The Morgan fingerprint density at radius 3 is 3.00 bits per heavy atom. The number of aromatic nitrogens is 1. The molecule has 0 fully saturated rings. The van der Waals surface area contributed by atoms with E-state index in [2.05, 4.69) is 10.3 Å². The normalized spacial score (nSPS) is 11.8. The van der Waals surface area contributed by atoms with Crippen LogP contribution in [0.2, 0.25) is 5.15 Å². The Morgan fingerprint density at radius 1 is 1.87 bits per heavy atom. The predicted octanol–water partition coefficient (Wildman–Crippen LogP) is 1.34. The highest BCUT2D eigenvalue weighted by Gasteiger charge is 2.11. The second-order valence-electron chi connectivity index (χ2n) is 2.97. The van der Waals surface area contributed by atoms with E-state index in [-0.39, 0.29) is 17.6 Å². The number of primary amides is 1. The van der Waals surface area contributed by atoms with E-state index in [0.717, 1.165) is 11.3 Å². The van der Waals surface area contributed by atoms with Gasteiger partial charge in [0.2, 0.25) is 5.91 Å². The highest BCUT2D eigenvalue weighted by molar-refractivity contribution is 7.16. The van der Waals surface area contributed by atoms with Crippen LogP contribution >= 0.6 is 22.9 Å². The van der Waals surface area contributed by atoms with Crippen molar-refractivity contribution in [2.45, 2.75) is 19.4 Å². The van der Waals surface area contributed by atoms with E-state index in [4.69, 9.17) is 22.6 Å². The minimum Gasteiger partial charge on any atom is -0.370 e. The van der Waals surface area contributed by atoms with Crippen molar-refractivity contribution in [3.8, 4) is 6.07 Å². The zero-order valence-corrected chi connectivity index (χ0v) is 9.52. The standard InChI is InChI=1S/C8H9ClN4OS/c1-4(2-6(11)14)12-8-13-7(9)5(3-10)15-8/h4H,2H2,1H3,(H2,11,14)(H,12,13). The van der Waals surface area contributed by atoms with Crippen LogP contribution in [0.5, 0.6) is 0 Å². The maximum absolute atomic E-state index is 10.6. The van der Waals surface area contributed by atoms with Gasteiger partial charge in [0.15, 0.2) is 10.3 Å². The molecule has 1 aromatic rings. The molecule has 0 aliphatic rings. The van der Waals surface area contributed by atoms with Crippen LogP contribution in [0.1, 0.15) is 18.2 Å². The summed E-state index contributed by atoms with van der Waals surface area (Å²) in [4.78, 5) is 14.9. The van der Waals surface area contributed by atoms with E-state index in [1.165, 1.54) is 0 Å². The predicted molar refractivity (Wildman–Crippen MR) is 58.7 cm³/mol. The van der Waals surface area contributed by atoms with Crippen LogP contribution in [0.4, 0.5) is 5.13 Å². The zero-order chi connectivity index (χ0) is 11.4. The van der Waals surface area contributed by atoms with Gasteiger partial charge in [0.25, 0.3) is 0 Å². The first-order valence-corrected chi connectivity index (χ1v) is 5.33. The number of rotatable bonds is 4. The van der Waals surface area contributed by atoms with E-state index < -0.39 is 5.91 Å². The van der Waals surface area contributed by atoms with Crippen LogP contribution in [0, 0.1) is 11.3 Å². The number of nitriles is 1. The zero-order valence-electron chi connectivity index (χ0n) is 7.95. The Hall–Kier alpha value is -1.32. The third kappa shape index (κ3) is 3.38. The van der Waals surface area contributed by atoms with E-state index in [0.29, 0.717) is 10.0 Å². The lowest BCUT2D eigenvalue weighted by molar-refractivity contribution is -0.118. The van der Waals surface area contributed by atoms with Crippen LogP contribution in [0.25, 0.3) is 0 Å². The number of carbonyl (C=O) groups excluding carboxylic acids is 1. The summed E-state index contributed by atoms with van der Waals surface area (Å²) < 4.78 is 0. The summed E-state index contributed by atoms with van der Waals surface area (Å²) in [6.45, 7) is 1.80. The van der Waals surface area contributed by atoms with Crippen molar-refractivity contribution in [2.24, 2.45) is 5.73 Å². The summed E-state index contributed by atoms with van der Waals surface area (Å²) in [5.41, 5.74) is 5.03. The van der Waals surface area contributed by atoms with Gasteiger partial charge in [-0.05, 0) is 6.92 Å². The summed E-state index contributed by atoms with van der Waals surface area (Å²) in [6, 6.07) is 1.79. The molecule has 1 rings (SSSR count). The quantitative estimate of drug-likeness (QED) is 0.836. The monoisotopic (exact) mass is 244 g/mol. The average molecular weight is 245 g/mol. The number of hydrogen-bond donors (Lipinski definition) is 2. The lowest BCUT2D eigenvalue weighted by Gasteiger charge is -2.09. The number of hydrogen-bond acceptors (Lipinski definition) is 5. The molecule has 1 unspecified atom stereocenters. The van der Waals surface area contributed by atoms with Gasteiger partial charge < -0.3 is 11.1 Å². The highest BCUT2D eigenvalue weighted by atomic mass is 35.5. The summed E-state index contributed by atoms with van der Waals surface area (Å²) in [6.07, 6.45) is 0.207. The molecule has 0 bridgehead atoms. The number of nitrogens with one attached hydrogen (secondary N) is 1. The van der Waals surface area contributed by atoms with Crippen LogP contribution < -0.4 is 11.1 Å². The number of nitrogens with zero attached hydrogens (tertiary/aromatic N) is 2. The van der Waals surface area contributed by atoms with E-state index >= 15 is 0 Å². The largest absolute Gasteiger partial charge is 0.370 e. The maximum atomic E-state index is 10.6. The second kappa shape index (κ2) is 4.96. The van der Waals surface area contributed by atoms with E-state index in [1.807, 2.05) is 6.07 Å². The lowest BCUT2D eigenvalue weighted by atomic mass is 10.2. The molecule has 7 heteroatoms. The molecule has 0 saturated heterocycles. The molecule has 1 amide bonds. The molecule has 0 spiro atoms. The third-order valence-electron chi connectivity index (χ3n) is 1.56. The van der Waals surface area contributed by atoms with Gasteiger partial charge in [0.1, 0.15) is 10.9 Å². The summed E-state index contributed by atoms with van der Waals surface area (Å²) in [5, 5.41) is 12.3. The Bertz CT molecular complexity index is 411. The van der Waals surface area contributed by atoms with Crippen molar-refractivity contribution in [1.82, 2.24) is 4.98 Å². The van der Waals surface area contributed by atoms with Crippen molar-refractivity contribution in [2.75, 3.05) is 5.32 Å². The minimum atomic E-state index is -0.391. The summed E-state index contributed by atoms with van der Waals surface area (Å²) in [7, 11) is 0. The van der Waals surface area contributed by atoms with Crippen molar-refractivity contribution < 1.29 is 4.79 Å². The van der Waals surface area contributed by atoms with Crippen molar-refractivity contribution in [3.63, 3.8) is 0 Å². The molecule has 0 saturated carbocycles. The molecule has 0 aliphatic carbocycles. The Kier molecular flexibility index (Phi) is 3.88. The van der Waals surface area contributed by atoms with E-state index in [9.17, 15) is 4.79 Å². The first kappa shape index (κ1) is 11.8. The van der Waals surface area contributed by atoms with Crippen molar-refractivity contribution in [1.29, 1.82) is 5.26 Å². The fourth-order valence-corrected chi connectivity index (χ4v) is 2.05. The molecule has 1 heterocycles. The number of amides is 1. The van der Waals surface area contributed by atoms with Crippen LogP contribution in [0.15, 0.2) is 0 Å². The average Bonchev–Trinajstić information content (AvgIpc) is 2.44. The number of carbonyl (C=O) groups is 1. The molecule has 0 radical (unpaired) electrons. The number of nitrogens with two attached hydrogens (primary N) is 1. The molecule has 80 valence electrons. The highest BCUT2D eigenvalue weighted by Crippen LogP contribution is 2.26. The van der Waals surface area contributed by atoms with Gasteiger partial charge in [-0.25, -0.2) is 4.98 Å². The Morgan fingerprint density at radius 2 is 2.53 bits per heavy atom. The van der Waals surface area contributed by atoms with Gasteiger partial charge in [-0.3, -0.25) is 4.79 Å². The van der Waals surface area contributed by atoms with Gasteiger partial charge in [-0.2, -0.15) is 5.26 Å². The molecule has 1 aromatic heterocycles. The molecule has 5 nitrogen and oxygen atoms in total. The molecule has 1 atom stereocenters. The fourth-order valence-electron chi connectivity index (χ4n) is 0.996. The molecule has 3 N–H and O–H groups in total. The second-order valence-corrected chi connectivity index (χ2v) is 4.32. The molecule has 0 aliphatic heterocycles. The topological polar surface area (TPSA) is 91.8 Å². The Balaban J connectivity index is 2.65. The first-order valence-electron chi connectivity index (χ1n) is 4.14. The minimum absolute atomic E-state index is 0.128. The molecule has 15 heavy (non-hydrogen) atoms. The summed E-state index contributed by atoms with van der Waals surface area (Å²) in [5.74, 6) is -0.391. The molecular weight excluding hydrogens is 236 g/mol. The van der Waals surface area contributed by atoms with E-state index in [1.54, 1.807) is 6.92 Å². The smallest absolute Gasteiger partial charge is 0.219 e. The van der Waals surface area contributed by atoms with Gasteiger partial charge in [-0.15, -0.1) is 0 Å². The fraction of sp³-hybridized carbons (Fsp3) is 0.375. The summed E-state index contributed by atoms with van der Waals surface area (Å²) >= 11 is 6.83. The van der Waals surface area contributed by atoms with Crippen LogP contribution in [0.3, 0.4) is 0 Å².